The molecule has 0 atom stereocenters. The van der Waals surface area contributed by atoms with Gasteiger partial charge in [-0.05, 0) is 12.1 Å². The minimum Gasteiger partial charge on any atom is -0.291 e. The van der Waals surface area contributed by atoms with Gasteiger partial charge in [0.2, 0.25) is 5.78 Å². The third-order valence-corrected chi connectivity index (χ3v) is 2.88. The second kappa shape index (κ2) is 3.36. The lowest BCUT2D eigenvalue weighted by Crippen LogP contribution is -1.92. The molecule has 4 rings (SSSR count). The van der Waals surface area contributed by atoms with Crippen LogP contribution in [0.3, 0.4) is 0 Å². The maximum Gasteiger partial charge on any atom is 0.233 e. The lowest BCUT2D eigenvalue weighted by atomic mass is 10.1. The quantitative estimate of drug-likeness (QED) is 0.501. The van der Waals surface area contributed by atoms with Gasteiger partial charge in [0.05, 0.1) is 0 Å². The van der Waals surface area contributed by atoms with Crippen LogP contribution >= 0.6 is 0 Å². The molecule has 4 aromatic rings. The van der Waals surface area contributed by atoms with Crippen molar-refractivity contribution in [1.29, 1.82) is 0 Å². The molecule has 0 N–H and O–H groups in total. The molecular weight excluding hydrogens is 228 g/mol. The molecule has 0 saturated carbocycles. The van der Waals surface area contributed by atoms with Gasteiger partial charge in [0.25, 0.3) is 0 Å². The van der Waals surface area contributed by atoms with Gasteiger partial charge in [-0.3, -0.25) is 8.80 Å². The average molecular weight is 236 g/mol. The van der Waals surface area contributed by atoms with Crippen LogP contribution in [0.5, 0.6) is 0 Å². The zero-order valence-corrected chi connectivity index (χ0v) is 9.30. The Hall–Kier alpha value is -2.76. The van der Waals surface area contributed by atoms with Crippen LogP contribution in [-0.4, -0.2) is 29.0 Å². The van der Waals surface area contributed by atoms with E-state index in [1.54, 1.807) is 18.7 Å². The van der Waals surface area contributed by atoms with Gasteiger partial charge >= 0.3 is 0 Å². The lowest BCUT2D eigenvalue weighted by Gasteiger charge is -2.03. The van der Waals surface area contributed by atoms with Crippen molar-refractivity contribution < 1.29 is 0 Å². The normalized spacial score (nSPS) is 11.3. The summed E-state index contributed by atoms with van der Waals surface area (Å²) in [6.07, 6.45) is 11.0. The van der Waals surface area contributed by atoms with Crippen molar-refractivity contribution in [2.24, 2.45) is 0 Å². The summed E-state index contributed by atoms with van der Waals surface area (Å²) >= 11 is 0. The molecule has 4 aromatic heterocycles. The van der Waals surface area contributed by atoms with E-state index in [1.807, 2.05) is 39.5 Å². The van der Waals surface area contributed by atoms with E-state index in [-0.39, 0.29) is 0 Å². The highest BCUT2D eigenvalue weighted by molar-refractivity contribution is 5.76. The zero-order valence-electron chi connectivity index (χ0n) is 9.30. The molecule has 0 unspecified atom stereocenters. The number of fused-ring (bicyclic) bond motifs is 2. The highest BCUT2D eigenvalue weighted by Gasteiger charge is 2.07. The van der Waals surface area contributed by atoms with Crippen molar-refractivity contribution in [2.45, 2.75) is 0 Å². The fourth-order valence-corrected chi connectivity index (χ4v) is 2.03. The molecule has 0 aliphatic rings. The second-order valence-electron chi connectivity index (χ2n) is 3.96. The smallest absolute Gasteiger partial charge is 0.233 e. The summed E-state index contributed by atoms with van der Waals surface area (Å²) < 4.78 is 3.77. The fourth-order valence-electron chi connectivity index (χ4n) is 2.03. The predicted molar refractivity (Wildman–Crippen MR) is 65.0 cm³/mol. The lowest BCUT2D eigenvalue weighted by molar-refractivity contribution is 1.10. The summed E-state index contributed by atoms with van der Waals surface area (Å²) in [6.45, 7) is 0. The van der Waals surface area contributed by atoms with E-state index in [9.17, 15) is 0 Å². The summed E-state index contributed by atoms with van der Waals surface area (Å²) in [5.74, 6) is 0.687. The number of hydrogen-bond donors (Lipinski definition) is 0. The summed E-state index contributed by atoms with van der Waals surface area (Å²) in [4.78, 5) is 8.43. The maximum atomic E-state index is 4.30. The minimum absolute atomic E-state index is 0.687. The molecule has 4 heterocycles. The molecule has 0 saturated heterocycles. The van der Waals surface area contributed by atoms with Gasteiger partial charge in [0, 0.05) is 42.1 Å². The van der Waals surface area contributed by atoms with Gasteiger partial charge in [-0.25, -0.2) is 9.97 Å². The van der Waals surface area contributed by atoms with Gasteiger partial charge in [-0.15, -0.1) is 10.2 Å². The Labute approximate surface area is 102 Å². The number of nitrogens with zero attached hydrogens (tertiary/aromatic N) is 6. The molecule has 0 spiro atoms. The first-order valence-electron chi connectivity index (χ1n) is 5.49. The van der Waals surface area contributed by atoms with Crippen LogP contribution in [0.4, 0.5) is 0 Å². The van der Waals surface area contributed by atoms with Gasteiger partial charge in [0.1, 0.15) is 6.33 Å². The Morgan fingerprint density at radius 2 is 2.06 bits per heavy atom. The standard InChI is InChI=1S/C12H8N6/c1-2-10(11-16-15-8-18(11)4-1)9-6-14-12-13-3-5-17(12)7-9/h1-8H. The summed E-state index contributed by atoms with van der Waals surface area (Å²) in [6, 6.07) is 3.97. The van der Waals surface area contributed by atoms with Crippen molar-refractivity contribution >= 4 is 11.4 Å². The summed E-state index contributed by atoms with van der Waals surface area (Å²) in [7, 11) is 0. The van der Waals surface area contributed by atoms with Crippen LogP contribution in [0.25, 0.3) is 22.6 Å². The van der Waals surface area contributed by atoms with E-state index in [1.165, 1.54) is 0 Å². The number of pyridine rings is 1. The van der Waals surface area contributed by atoms with Crippen LogP contribution < -0.4 is 0 Å². The molecule has 0 aliphatic carbocycles. The average Bonchev–Trinajstić information content (AvgIpc) is 3.05. The highest BCUT2D eigenvalue weighted by Crippen LogP contribution is 2.22. The maximum absolute atomic E-state index is 4.30. The van der Waals surface area contributed by atoms with Crippen molar-refractivity contribution in [3.05, 3.63) is 49.4 Å². The Kier molecular flexibility index (Phi) is 1.74. The Bertz CT molecular complexity index is 844. The molecule has 18 heavy (non-hydrogen) atoms. The monoisotopic (exact) mass is 236 g/mol. The Morgan fingerprint density at radius 3 is 3.06 bits per heavy atom. The molecule has 6 nitrogen and oxygen atoms in total. The van der Waals surface area contributed by atoms with Crippen LogP contribution in [0.15, 0.2) is 49.4 Å². The van der Waals surface area contributed by atoms with Gasteiger partial charge < -0.3 is 0 Å². The van der Waals surface area contributed by atoms with Gasteiger partial charge in [-0.2, -0.15) is 0 Å². The molecule has 86 valence electrons. The number of hydrogen-bond acceptors (Lipinski definition) is 4. The van der Waals surface area contributed by atoms with Crippen LogP contribution in [0, 0.1) is 0 Å². The second-order valence-corrected chi connectivity index (χ2v) is 3.96. The topological polar surface area (TPSA) is 60.4 Å². The summed E-state index contributed by atoms with van der Waals surface area (Å²) in [5.41, 5.74) is 2.80. The van der Waals surface area contributed by atoms with Crippen LogP contribution in [0.1, 0.15) is 0 Å². The molecule has 0 bridgehead atoms. The third-order valence-electron chi connectivity index (χ3n) is 2.88. The molecule has 0 amide bonds. The Balaban J connectivity index is 2.03. The van der Waals surface area contributed by atoms with E-state index < -0.39 is 0 Å². The Morgan fingerprint density at radius 1 is 1.06 bits per heavy atom. The van der Waals surface area contributed by atoms with E-state index >= 15 is 0 Å². The molecule has 0 fully saturated rings. The number of imidazole rings is 1. The number of aromatic nitrogens is 6. The molecular formula is C12H8N6. The zero-order chi connectivity index (χ0) is 11.9. The van der Waals surface area contributed by atoms with Gasteiger partial charge in [0.15, 0.2) is 5.65 Å². The fraction of sp³-hybridized carbons (Fsp3) is 0. The van der Waals surface area contributed by atoms with E-state index in [4.69, 9.17) is 0 Å². The molecule has 0 aromatic carbocycles. The highest BCUT2D eigenvalue weighted by atomic mass is 15.2. The largest absolute Gasteiger partial charge is 0.291 e. The summed E-state index contributed by atoms with van der Waals surface area (Å²) in [5, 5.41) is 8.04. The van der Waals surface area contributed by atoms with E-state index in [0.29, 0.717) is 5.78 Å². The first kappa shape index (κ1) is 9.29. The minimum atomic E-state index is 0.687. The van der Waals surface area contributed by atoms with Crippen LogP contribution in [0.2, 0.25) is 0 Å². The molecule has 0 aliphatic heterocycles. The molecule has 0 radical (unpaired) electrons. The predicted octanol–water partition coefficient (Wildman–Crippen LogP) is 1.44. The van der Waals surface area contributed by atoms with E-state index in [0.717, 1.165) is 16.8 Å². The third kappa shape index (κ3) is 1.22. The molecule has 6 heteroatoms. The van der Waals surface area contributed by atoms with Crippen molar-refractivity contribution in [3.8, 4) is 11.1 Å². The SMILES string of the molecule is c1cc(-c2cnc3nccn3c2)c2nncn2c1. The van der Waals surface area contributed by atoms with Crippen molar-refractivity contribution in [3.63, 3.8) is 0 Å². The van der Waals surface area contributed by atoms with Crippen LogP contribution in [-0.2, 0) is 0 Å². The first-order chi connectivity index (χ1) is 8.92. The first-order valence-corrected chi connectivity index (χ1v) is 5.49. The van der Waals surface area contributed by atoms with E-state index in [2.05, 4.69) is 20.2 Å². The van der Waals surface area contributed by atoms with Gasteiger partial charge in [-0.1, -0.05) is 0 Å². The van der Waals surface area contributed by atoms with Crippen molar-refractivity contribution in [1.82, 2.24) is 29.0 Å². The number of rotatable bonds is 1. The van der Waals surface area contributed by atoms with Crippen molar-refractivity contribution in [2.75, 3.05) is 0 Å².